The van der Waals surface area contributed by atoms with Crippen LogP contribution in [0.2, 0.25) is 0 Å². The van der Waals surface area contributed by atoms with Gasteiger partial charge in [-0.05, 0) is 49.2 Å². The Bertz CT molecular complexity index is 1330. The number of carbonyl (C=O) groups excluding carboxylic acids is 1. The van der Waals surface area contributed by atoms with Gasteiger partial charge < -0.3 is 4.74 Å². The van der Waals surface area contributed by atoms with E-state index in [-0.39, 0.29) is 12.1 Å². The Morgan fingerprint density at radius 1 is 1.16 bits per heavy atom. The van der Waals surface area contributed by atoms with Crippen molar-refractivity contribution in [1.82, 2.24) is 15.0 Å². The normalized spacial score (nSPS) is 11.2. The molecule has 4 aromatic rings. The number of aromatic nitrogens is 2. The third kappa shape index (κ3) is 4.70. The summed E-state index contributed by atoms with van der Waals surface area (Å²) in [5.74, 6) is 0.978. The zero-order valence-electron chi connectivity index (χ0n) is 17.0. The fourth-order valence-electron chi connectivity index (χ4n) is 3.03. The first-order valence-corrected chi connectivity index (χ1v) is 10.4. The Morgan fingerprint density at radius 2 is 1.94 bits per heavy atom. The highest BCUT2D eigenvalue weighted by Gasteiger charge is 2.13. The second-order valence-electron chi connectivity index (χ2n) is 6.92. The molecule has 0 saturated carbocycles. The molecular weight excluding hydrogens is 412 g/mol. The number of thiophene rings is 1. The number of benzene rings is 2. The van der Waals surface area contributed by atoms with Crippen LogP contribution < -0.4 is 15.7 Å². The molecule has 0 unspecified atom stereocenters. The van der Waals surface area contributed by atoms with Crippen molar-refractivity contribution in [3.8, 4) is 11.5 Å². The van der Waals surface area contributed by atoms with Gasteiger partial charge in [0.25, 0.3) is 11.5 Å². The van der Waals surface area contributed by atoms with Gasteiger partial charge in [0.2, 0.25) is 0 Å². The quantitative estimate of drug-likeness (QED) is 0.368. The van der Waals surface area contributed by atoms with Crippen molar-refractivity contribution in [3.05, 3.63) is 87.3 Å². The molecule has 0 bridgehead atoms. The summed E-state index contributed by atoms with van der Waals surface area (Å²) in [6, 6.07) is 16.8. The molecule has 2 aromatic carbocycles. The van der Waals surface area contributed by atoms with Crippen LogP contribution in [-0.2, 0) is 11.3 Å². The average Bonchev–Trinajstić information content (AvgIpc) is 3.05. The molecule has 0 aliphatic carbocycles. The first-order valence-electron chi connectivity index (χ1n) is 9.61. The second-order valence-corrected chi connectivity index (χ2v) is 8.13. The molecule has 2 aromatic heterocycles. The Hall–Kier alpha value is -3.78. The van der Waals surface area contributed by atoms with E-state index in [2.05, 4.69) is 15.5 Å². The van der Waals surface area contributed by atoms with E-state index in [9.17, 15) is 9.59 Å². The fourth-order valence-corrected chi connectivity index (χ4v) is 4.02. The van der Waals surface area contributed by atoms with E-state index < -0.39 is 5.91 Å². The summed E-state index contributed by atoms with van der Waals surface area (Å²) in [5, 5.41) is 4.55. The summed E-state index contributed by atoms with van der Waals surface area (Å²) >= 11 is 1.47. The fraction of sp³-hybridized carbons (Fsp3) is 0.130. The molecule has 0 spiro atoms. The minimum Gasteiger partial charge on any atom is -0.457 e. The summed E-state index contributed by atoms with van der Waals surface area (Å²) < 4.78 is 7.08. The molecule has 1 amide bonds. The average molecular weight is 433 g/mol. The Morgan fingerprint density at radius 3 is 2.74 bits per heavy atom. The molecule has 8 heteroatoms. The predicted molar refractivity (Wildman–Crippen MR) is 122 cm³/mol. The number of hydrazone groups is 1. The Balaban J connectivity index is 1.41. The van der Waals surface area contributed by atoms with Gasteiger partial charge in [-0.25, -0.2) is 10.4 Å². The summed E-state index contributed by atoms with van der Waals surface area (Å²) in [7, 11) is 0. The molecule has 0 aliphatic heterocycles. The predicted octanol–water partition coefficient (Wildman–Crippen LogP) is 4.02. The van der Waals surface area contributed by atoms with Crippen LogP contribution in [0.15, 0.2) is 70.8 Å². The molecule has 2 heterocycles. The van der Waals surface area contributed by atoms with Gasteiger partial charge in [0, 0.05) is 4.88 Å². The van der Waals surface area contributed by atoms with E-state index in [0.717, 1.165) is 21.8 Å². The van der Waals surface area contributed by atoms with Crippen molar-refractivity contribution in [2.24, 2.45) is 5.10 Å². The maximum atomic E-state index is 12.7. The van der Waals surface area contributed by atoms with Crippen LogP contribution in [0.5, 0.6) is 11.5 Å². The standard InChI is InChI=1S/C23H20N4O3S/c1-15-16(2)31-22-21(15)23(29)27(14-24-22)13-20(28)26-25-12-17-7-6-10-19(11-17)30-18-8-4-3-5-9-18/h3-12,14H,13H2,1-2H3,(H,26,28)/b25-12-. The molecule has 156 valence electrons. The van der Waals surface area contributed by atoms with E-state index in [1.807, 2.05) is 68.4 Å². The zero-order chi connectivity index (χ0) is 21.8. The highest BCUT2D eigenvalue weighted by molar-refractivity contribution is 7.18. The van der Waals surface area contributed by atoms with Crippen molar-refractivity contribution in [2.75, 3.05) is 0 Å². The molecule has 4 rings (SSSR count). The number of rotatable bonds is 6. The molecule has 31 heavy (non-hydrogen) atoms. The van der Waals surface area contributed by atoms with Gasteiger partial charge >= 0.3 is 0 Å². The number of para-hydroxylation sites is 1. The summed E-state index contributed by atoms with van der Waals surface area (Å²) in [4.78, 5) is 31.0. The number of carbonyl (C=O) groups is 1. The smallest absolute Gasteiger partial charge is 0.262 e. The molecule has 0 atom stereocenters. The minimum absolute atomic E-state index is 0.162. The number of nitrogens with zero attached hydrogens (tertiary/aromatic N) is 3. The van der Waals surface area contributed by atoms with Crippen LogP contribution in [0.4, 0.5) is 0 Å². The van der Waals surface area contributed by atoms with Gasteiger partial charge in [-0.2, -0.15) is 5.10 Å². The molecular formula is C23H20N4O3S. The Labute approximate surface area is 182 Å². The number of hydrogen-bond donors (Lipinski definition) is 1. The van der Waals surface area contributed by atoms with Gasteiger partial charge in [-0.15, -0.1) is 11.3 Å². The second kappa shape index (κ2) is 8.93. The van der Waals surface area contributed by atoms with Crippen molar-refractivity contribution in [1.29, 1.82) is 0 Å². The molecule has 7 nitrogen and oxygen atoms in total. The van der Waals surface area contributed by atoms with E-state index in [4.69, 9.17) is 4.74 Å². The van der Waals surface area contributed by atoms with Gasteiger partial charge in [0.1, 0.15) is 22.9 Å². The highest BCUT2D eigenvalue weighted by Crippen LogP contribution is 2.25. The van der Waals surface area contributed by atoms with Crippen LogP contribution >= 0.6 is 11.3 Å². The first kappa shape index (κ1) is 20.5. The molecule has 0 radical (unpaired) electrons. The van der Waals surface area contributed by atoms with Crippen LogP contribution in [-0.4, -0.2) is 21.7 Å². The molecule has 0 saturated heterocycles. The minimum atomic E-state index is -0.416. The molecule has 1 N–H and O–H groups in total. The first-order chi connectivity index (χ1) is 15.0. The lowest BCUT2D eigenvalue weighted by molar-refractivity contribution is -0.121. The topological polar surface area (TPSA) is 85.6 Å². The van der Waals surface area contributed by atoms with E-state index in [1.165, 1.54) is 28.4 Å². The number of hydrogen-bond acceptors (Lipinski definition) is 6. The van der Waals surface area contributed by atoms with Gasteiger partial charge in [0.05, 0.1) is 17.9 Å². The number of amides is 1. The van der Waals surface area contributed by atoms with Crippen molar-refractivity contribution < 1.29 is 9.53 Å². The monoisotopic (exact) mass is 432 g/mol. The van der Waals surface area contributed by atoms with Crippen molar-refractivity contribution in [2.45, 2.75) is 20.4 Å². The van der Waals surface area contributed by atoms with Gasteiger partial charge in [-0.1, -0.05) is 30.3 Å². The van der Waals surface area contributed by atoms with E-state index in [0.29, 0.717) is 16.0 Å². The summed E-state index contributed by atoms with van der Waals surface area (Å²) in [6.45, 7) is 3.68. The van der Waals surface area contributed by atoms with Crippen LogP contribution in [0.25, 0.3) is 10.2 Å². The Kier molecular flexibility index (Phi) is 5.90. The van der Waals surface area contributed by atoms with Crippen molar-refractivity contribution >= 4 is 33.7 Å². The van der Waals surface area contributed by atoms with Crippen LogP contribution in [0.3, 0.4) is 0 Å². The van der Waals surface area contributed by atoms with Crippen LogP contribution in [0, 0.1) is 13.8 Å². The van der Waals surface area contributed by atoms with Gasteiger partial charge in [-0.3, -0.25) is 14.2 Å². The highest BCUT2D eigenvalue weighted by atomic mass is 32.1. The lowest BCUT2D eigenvalue weighted by Crippen LogP contribution is -2.30. The van der Waals surface area contributed by atoms with Crippen LogP contribution in [0.1, 0.15) is 16.0 Å². The van der Waals surface area contributed by atoms with Gasteiger partial charge in [0.15, 0.2) is 0 Å². The third-order valence-electron chi connectivity index (χ3n) is 4.71. The SMILES string of the molecule is Cc1sc2ncn(CC(=O)N/N=C\c3cccc(Oc4ccccc4)c3)c(=O)c2c1C. The molecule has 0 fully saturated rings. The number of nitrogens with one attached hydrogen (secondary N) is 1. The number of fused-ring (bicyclic) bond motifs is 1. The number of aryl methyl sites for hydroxylation is 2. The summed E-state index contributed by atoms with van der Waals surface area (Å²) in [6.07, 6.45) is 2.92. The van der Waals surface area contributed by atoms with Crippen molar-refractivity contribution in [3.63, 3.8) is 0 Å². The molecule has 0 aliphatic rings. The summed E-state index contributed by atoms with van der Waals surface area (Å²) in [5.41, 5.74) is 3.89. The van der Waals surface area contributed by atoms with E-state index in [1.54, 1.807) is 0 Å². The largest absolute Gasteiger partial charge is 0.457 e. The lowest BCUT2D eigenvalue weighted by Gasteiger charge is -2.06. The maximum absolute atomic E-state index is 12.7. The number of ether oxygens (including phenoxy) is 1. The third-order valence-corrected chi connectivity index (χ3v) is 5.82. The lowest BCUT2D eigenvalue weighted by atomic mass is 10.2. The van der Waals surface area contributed by atoms with E-state index >= 15 is 0 Å². The maximum Gasteiger partial charge on any atom is 0.262 e. The zero-order valence-corrected chi connectivity index (χ0v) is 17.8.